The molecule has 0 N–H and O–H groups in total. The fourth-order valence-electron chi connectivity index (χ4n) is 5.91. The first-order chi connectivity index (χ1) is 26.5. The zero-order valence-electron chi connectivity index (χ0n) is 30.4. The van der Waals surface area contributed by atoms with Gasteiger partial charge in [-0.1, -0.05) is 109 Å². The van der Waals surface area contributed by atoms with E-state index in [1.807, 2.05) is 0 Å². The van der Waals surface area contributed by atoms with Crippen molar-refractivity contribution in [3.63, 3.8) is 0 Å². The van der Waals surface area contributed by atoms with Gasteiger partial charge in [-0.3, -0.25) is 0 Å². The summed E-state index contributed by atoms with van der Waals surface area (Å²) in [5.41, 5.74) is 0. The predicted octanol–water partition coefficient (Wildman–Crippen LogP) is 7.55. The fraction of sp³-hybridized carbons (Fsp3) is 0.130. The molecule has 0 aliphatic carbocycles. The van der Waals surface area contributed by atoms with Gasteiger partial charge in [-0.2, -0.15) is 0 Å². The van der Waals surface area contributed by atoms with Gasteiger partial charge in [-0.15, -0.1) is 0 Å². The van der Waals surface area contributed by atoms with E-state index in [9.17, 15) is 19.2 Å². The number of hydrogen-bond donors (Lipinski definition) is 0. The summed E-state index contributed by atoms with van der Waals surface area (Å²) >= 11 is 0. The molecule has 0 unspecified atom stereocenters. The second kappa shape index (κ2) is 23.8. The maximum atomic E-state index is 10.3. The molecular weight excluding hydrogens is 813 g/mol. The van der Waals surface area contributed by atoms with E-state index < -0.39 is 15.8 Å². The van der Waals surface area contributed by atoms with Crippen molar-refractivity contribution < 1.29 is 39.6 Å². The van der Waals surface area contributed by atoms with Crippen molar-refractivity contribution in [1.29, 1.82) is 0 Å². The van der Waals surface area contributed by atoms with E-state index in [4.69, 9.17) is 0 Å². The molecule has 9 heteroatoms. The van der Waals surface area contributed by atoms with Gasteiger partial charge in [0.1, 0.15) is 31.8 Å². The molecule has 2 heterocycles. The van der Waals surface area contributed by atoms with Crippen molar-refractivity contribution in [2.24, 2.45) is 0 Å². The molecule has 4 amide bonds. The molecular formula is C46H44N2O4P2Pd+2. The number of carbonyl (C=O) groups is 4. The van der Waals surface area contributed by atoms with Crippen LogP contribution in [-0.4, -0.2) is 23.6 Å². The summed E-state index contributed by atoms with van der Waals surface area (Å²) in [6, 6.07) is 65.0. The van der Waals surface area contributed by atoms with E-state index >= 15 is 0 Å². The van der Waals surface area contributed by atoms with E-state index in [0.717, 1.165) is 0 Å². The first-order valence-corrected chi connectivity index (χ1v) is 21.1. The average molecular weight is 857 g/mol. The van der Waals surface area contributed by atoms with Gasteiger partial charge < -0.3 is 29.8 Å². The summed E-state index contributed by atoms with van der Waals surface area (Å²) in [5.74, 6) is -1.05. The van der Waals surface area contributed by atoms with Crippen LogP contribution in [0.25, 0.3) is 10.6 Å². The molecule has 0 bridgehead atoms. The number of carbonyl (C=O) groups excluding carboxylic acids is 4. The number of hydrogen-bond acceptors (Lipinski definition) is 4. The van der Waals surface area contributed by atoms with Gasteiger partial charge >= 0.3 is 20.4 Å². The SMILES string of the molecule is O=C1CCCC(=O)[N-]1.O=C1CCCC(=O)[N-]1.[Pd+2].c1ccc([PH+](c2ccccc2)c2ccccc2)cc1.c1ccc([PH+](c2ccccc2)c2ccccc2)cc1. The van der Waals surface area contributed by atoms with Crippen LogP contribution in [0.15, 0.2) is 182 Å². The molecule has 0 atom stereocenters. The molecule has 8 rings (SSSR count). The second-order valence-corrected chi connectivity index (χ2v) is 17.4. The molecule has 2 aliphatic heterocycles. The van der Waals surface area contributed by atoms with Gasteiger partial charge in [0.15, 0.2) is 0 Å². The molecule has 55 heavy (non-hydrogen) atoms. The normalized spacial score (nSPS) is 13.3. The zero-order chi connectivity index (χ0) is 37.8. The Morgan fingerprint density at radius 2 is 0.455 bits per heavy atom. The number of benzene rings is 6. The van der Waals surface area contributed by atoms with Crippen molar-refractivity contribution in [3.8, 4) is 0 Å². The van der Waals surface area contributed by atoms with E-state index in [0.29, 0.717) is 38.5 Å². The monoisotopic (exact) mass is 856 g/mol. The van der Waals surface area contributed by atoms with Gasteiger partial charge in [0.05, 0.1) is 39.5 Å². The molecule has 0 saturated carbocycles. The van der Waals surface area contributed by atoms with Gasteiger partial charge in [0.25, 0.3) is 0 Å². The number of nitrogens with zero attached hydrogens (tertiary/aromatic N) is 2. The number of amides is 4. The fourth-order valence-corrected chi connectivity index (χ4v) is 11.1. The van der Waals surface area contributed by atoms with Crippen molar-refractivity contribution in [3.05, 3.63) is 193 Å². The summed E-state index contributed by atoms with van der Waals surface area (Å²) in [7, 11) is -1.75. The largest absolute Gasteiger partial charge is 2.00 e. The van der Waals surface area contributed by atoms with Gasteiger partial charge in [-0.25, -0.2) is 0 Å². The molecule has 2 aliphatic rings. The predicted molar refractivity (Wildman–Crippen MR) is 228 cm³/mol. The Bertz CT molecular complexity index is 1680. The van der Waals surface area contributed by atoms with Crippen molar-refractivity contribution >= 4 is 71.3 Å². The van der Waals surface area contributed by atoms with Crippen LogP contribution >= 0.6 is 15.8 Å². The molecule has 0 aromatic heterocycles. The standard InChI is InChI=1S/2C18H15P.2C5H7NO2.Pd/c2*1-4-10-16(11-5-1)19(17-12-6-2-7-13-17)18-14-8-3-9-15-18;2*7-4-2-1-3-5(8)6-4;/h2*1-15H;2*1-3H2,(H,6,7,8);/q;;;;+2. The quantitative estimate of drug-likeness (QED) is 0.0983. The van der Waals surface area contributed by atoms with E-state index in [2.05, 4.69) is 193 Å². The van der Waals surface area contributed by atoms with Gasteiger partial charge in [0.2, 0.25) is 0 Å². The van der Waals surface area contributed by atoms with Crippen molar-refractivity contribution in [1.82, 2.24) is 0 Å². The molecule has 6 nitrogen and oxygen atoms in total. The first kappa shape index (κ1) is 42.9. The smallest absolute Gasteiger partial charge is 0.596 e. The van der Waals surface area contributed by atoms with E-state index in [1.165, 1.54) is 31.8 Å². The summed E-state index contributed by atoms with van der Waals surface area (Å²) < 4.78 is 0. The Morgan fingerprint density at radius 3 is 0.582 bits per heavy atom. The Morgan fingerprint density at radius 1 is 0.291 bits per heavy atom. The Labute approximate surface area is 340 Å². The Kier molecular flexibility index (Phi) is 18.6. The average Bonchev–Trinajstić information content (AvgIpc) is 3.21. The molecule has 0 radical (unpaired) electrons. The maximum Gasteiger partial charge on any atom is 2.00 e. The molecule has 0 spiro atoms. The molecule has 280 valence electrons. The maximum absolute atomic E-state index is 10.3. The molecule has 2 saturated heterocycles. The third-order valence-electron chi connectivity index (χ3n) is 8.44. The summed E-state index contributed by atoms with van der Waals surface area (Å²) in [6.07, 6.45) is 3.16. The Balaban J connectivity index is 0.000000175. The third kappa shape index (κ3) is 14.4. The Hall–Kier alpha value is -4.88. The minimum Gasteiger partial charge on any atom is -0.596 e. The van der Waals surface area contributed by atoms with Crippen LogP contribution in [0.4, 0.5) is 0 Å². The van der Waals surface area contributed by atoms with Crippen LogP contribution in [0.5, 0.6) is 0 Å². The van der Waals surface area contributed by atoms with Crippen LogP contribution in [0.2, 0.25) is 0 Å². The molecule has 6 aromatic rings. The number of imide groups is 2. The summed E-state index contributed by atoms with van der Waals surface area (Å²) in [6.45, 7) is 0. The second-order valence-electron chi connectivity index (χ2n) is 12.5. The van der Waals surface area contributed by atoms with Crippen LogP contribution in [0.1, 0.15) is 38.5 Å². The molecule has 2 fully saturated rings. The minimum atomic E-state index is -0.877. The molecule has 6 aromatic carbocycles. The van der Waals surface area contributed by atoms with Crippen LogP contribution in [0.3, 0.4) is 0 Å². The number of rotatable bonds is 6. The number of piperidine rings is 2. The summed E-state index contributed by atoms with van der Waals surface area (Å²) in [4.78, 5) is 41.1. The zero-order valence-corrected chi connectivity index (χ0v) is 34.0. The van der Waals surface area contributed by atoms with Crippen molar-refractivity contribution in [2.45, 2.75) is 38.5 Å². The summed E-state index contributed by atoms with van der Waals surface area (Å²) in [5, 5.41) is 15.0. The minimum absolute atomic E-state index is 0. The van der Waals surface area contributed by atoms with Gasteiger partial charge in [0, 0.05) is 0 Å². The first-order valence-electron chi connectivity index (χ1n) is 18.1. The topological polar surface area (TPSA) is 96.5 Å². The van der Waals surface area contributed by atoms with Gasteiger partial charge in [-0.05, 0) is 111 Å². The van der Waals surface area contributed by atoms with Crippen LogP contribution < -0.4 is 31.8 Å². The van der Waals surface area contributed by atoms with Crippen molar-refractivity contribution in [2.75, 3.05) is 0 Å². The van der Waals surface area contributed by atoms with Crippen LogP contribution in [0, 0.1) is 0 Å². The van der Waals surface area contributed by atoms with Crippen LogP contribution in [-0.2, 0) is 39.6 Å². The van der Waals surface area contributed by atoms with E-state index in [1.54, 1.807) is 0 Å². The third-order valence-corrected chi connectivity index (χ3v) is 13.9. The van der Waals surface area contributed by atoms with E-state index in [-0.39, 0.29) is 44.1 Å².